The Morgan fingerprint density at radius 1 is 1.07 bits per heavy atom. The van der Waals surface area contributed by atoms with Crippen molar-refractivity contribution in [2.45, 2.75) is 79.4 Å². The Kier molecular flexibility index (Phi) is 6.98. The number of fused-ring (bicyclic) bond motifs is 3. The van der Waals surface area contributed by atoms with Crippen LogP contribution in [-0.4, -0.2) is 54.9 Å². The number of allylic oxidation sites excluding steroid dienone is 4. The molecule has 4 aliphatic rings. The van der Waals surface area contributed by atoms with Gasteiger partial charge in [0.25, 0.3) is 0 Å². The van der Waals surface area contributed by atoms with Crippen LogP contribution in [0.3, 0.4) is 0 Å². The molecule has 1 aromatic rings. The number of ether oxygens (including phenoxy) is 1. The van der Waals surface area contributed by atoms with Gasteiger partial charge in [-0.15, -0.1) is 0 Å². The molecule has 0 aliphatic heterocycles. The van der Waals surface area contributed by atoms with E-state index < -0.39 is 74.3 Å². The number of Topliss-reactive ketones (excluding diaryl/α,β-unsaturated/α-hetero) is 3. The van der Waals surface area contributed by atoms with Gasteiger partial charge in [-0.25, -0.2) is 0 Å². The molecule has 0 spiro atoms. The molecule has 0 amide bonds. The Balaban J connectivity index is 1.72. The van der Waals surface area contributed by atoms with Crippen molar-refractivity contribution >= 4 is 28.9 Å². The summed E-state index contributed by atoms with van der Waals surface area (Å²) in [4.78, 5) is 53.9. The molecule has 44 heavy (non-hydrogen) atoms. The number of rotatable bonds is 4. The minimum Gasteiger partial charge on any atom is -0.511 e. The molecule has 0 bridgehead atoms. The van der Waals surface area contributed by atoms with Crippen molar-refractivity contribution in [3.63, 3.8) is 0 Å². The van der Waals surface area contributed by atoms with E-state index in [9.17, 15) is 39.6 Å². The summed E-state index contributed by atoms with van der Waals surface area (Å²) in [6.45, 7) is 13.3. The number of esters is 1. The lowest BCUT2D eigenvalue weighted by molar-refractivity contribution is -0.171. The highest BCUT2D eigenvalue weighted by molar-refractivity contribution is 6.25. The number of phenols is 1. The maximum absolute atomic E-state index is 14.3. The molecule has 4 N–H and O–H groups in total. The van der Waals surface area contributed by atoms with Crippen LogP contribution in [0.4, 0.5) is 0 Å². The van der Waals surface area contributed by atoms with Crippen molar-refractivity contribution < 1.29 is 44.3 Å². The first kappa shape index (κ1) is 31.4. The summed E-state index contributed by atoms with van der Waals surface area (Å²) in [5.74, 6) is -6.85. The molecule has 5 atom stereocenters. The van der Waals surface area contributed by atoms with Gasteiger partial charge in [-0.1, -0.05) is 52.0 Å². The summed E-state index contributed by atoms with van der Waals surface area (Å²) in [5.41, 5.74) is -5.42. The van der Waals surface area contributed by atoms with Gasteiger partial charge in [0, 0.05) is 22.3 Å². The van der Waals surface area contributed by atoms with Gasteiger partial charge in [-0.2, -0.15) is 0 Å². The molecule has 0 radical (unpaired) electrons. The second-order valence-electron chi connectivity index (χ2n) is 14.5. The van der Waals surface area contributed by atoms with Gasteiger partial charge >= 0.3 is 5.97 Å². The first-order valence-corrected chi connectivity index (χ1v) is 14.9. The van der Waals surface area contributed by atoms with E-state index in [0.717, 1.165) is 6.92 Å². The van der Waals surface area contributed by atoms with E-state index in [1.54, 1.807) is 72.8 Å². The molecule has 5 rings (SSSR count). The fourth-order valence-electron chi connectivity index (χ4n) is 8.31. The molecule has 0 aromatic heterocycles. The molecule has 0 saturated carbocycles. The van der Waals surface area contributed by atoms with E-state index in [1.165, 1.54) is 6.07 Å². The quantitative estimate of drug-likeness (QED) is 0.266. The molecule has 9 nitrogen and oxygen atoms in total. The van der Waals surface area contributed by atoms with Gasteiger partial charge in [0.1, 0.15) is 34.4 Å². The molecular formula is C35H40O9. The fourth-order valence-corrected chi connectivity index (χ4v) is 8.31. The zero-order chi connectivity index (χ0) is 32.9. The number of phenolic OH excluding ortho intramolecular Hbond substituents is 1. The van der Waals surface area contributed by atoms with Gasteiger partial charge in [-0.3, -0.25) is 19.2 Å². The average molecular weight is 605 g/mol. The van der Waals surface area contributed by atoms with Crippen LogP contribution in [0.2, 0.25) is 0 Å². The second-order valence-corrected chi connectivity index (χ2v) is 14.5. The van der Waals surface area contributed by atoms with Crippen molar-refractivity contribution in [1.82, 2.24) is 0 Å². The first-order chi connectivity index (χ1) is 20.2. The standard InChI is InChI=1S/C35H40O9/c1-16(2)25-27(38)23(17(3)36)29(40)35(43)30(41)26-28(39)24-21(14-33(26,7)15-34(25,35)8)19(12-13-22(24)37)18-10-9-11-20(18)31(42)44-32(4,5)6/h9-13,16,20,25,37-38,41,43H,14-15H2,1-8H3/t20?,25?,33-,34-,35+/m1/s1. The highest BCUT2D eigenvalue weighted by Crippen LogP contribution is 2.65. The highest BCUT2D eigenvalue weighted by Gasteiger charge is 2.71. The SMILES string of the molecule is CC(=O)C1=C(O)C(C(C)C)[C@@]2(C)C[C@@]3(C)Cc4c(C5=CC=CC5C(=O)OC(C)(C)C)ccc(O)c4C(=O)C3=C(O)[C@@]2(O)C1=O. The van der Waals surface area contributed by atoms with Crippen LogP contribution in [0.1, 0.15) is 83.3 Å². The summed E-state index contributed by atoms with van der Waals surface area (Å²) in [6.07, 6.45) is 5.28. The Bertz CT molecular complexity index is 1660. The van der Waals surface area contributed by atoms with E-state index in [1.807, 2.05) is 0 Å². The number of hydrogen-bond donors (Lipinski definition) is 4. The predicted molar refractivity (Wildman–Crippen MR) is 162 cm³/mol. The molecule has 0 heterocycles. The number of benzene rings is 1. The first-order valence-electron chi connectivity index (χ1n) is 14.9. The van der Waals surface area contributed by atoms with Crippen LogP contribution in [0.15, 0.2) is 53.0 Å². The average Bonchev–Trinajstić information content (AvgIpc) is 3.35. The Morgan fingerprint density at radius 2 is 1.70 bits per heavy atom. The number of aliphatic hydroxyl groups is 3. The number of aliphatic hydroxyl groups excluding tert-OH is 2. The van der Waals surface area contributed by atoms with Gasteiger partial charge in [-0.05, 0) is 69.2 Å². The van der Waals surface area contributed by atoms with Crippen molar-refractivity contribution in [1.29, 1.82) is 0 Å². The molecular weight excluding hydrogens is 564 g/mol. The number of carbonyl (C=O) groups excluding carboxylic acids is 4. The van der Waals surface area contributed by atoms with Crippen molar-refractivity contribution in [2.24, 2.45) is 28.6 Å². The second kappa shape index (κ2) is 9.76. The molecule has 4 aliphatic carbocycles. The minimum atomic E-state index is -2.68. The lowest BCUT2D eigenvalue weighted by Gasteiger charge is -2.59. The number of aromatic hydroxyl groups is 1. The topological polar surface area (TPSA) is 158 Å². The molecule has 9 heteroatoms. The number of ketones is 3. The van der Waals surface area contributed by atoms with E-state index in [0.29, 0.717) is 16.7 Å². The highest BCUT2D eigenvalue weighted by atomic mass is 16.6. The third kappa shape index (κ3) is 4.15. The molecule has 0 fully saturated rings. The Labute approximate surface area is 256 Å². The molecule has 0 saturated heterocycles. The largest absolute Gasteiger partial charge is 0.511 e. The van der Waals surface area contributed by atoms with Crippen LogP contribution < -0.4 is 0 Å². The summed E-state index contributed by atoms with van der Waals surface area (Å²) >= 11 is 0. The summed E-state index contributed by atoms with van der Waals surface area (Å²) < 4.78 is 5.65. The monoisotopic (exact) mass is 604 g/mol. The zero-order valence-corrected chi connectivity index (χ0v) is 26.4. The van der Waals surface area contributed by atoms with Gasteiger partial charge in [0.05, 0.1) is 5.56 Å². The van der Waals surface area contributed by atoms with E-state index in [-0.39, 0.29) is 35.6 Å². The lowest BCUT2D eigenvalue weighted by atomic mass is 9.44. The minimum absolute atomic E-state index is 0.0210. The van der Waals surface area contributed by atoms with Crippen molar-refractivity contribution in [2.75, 3.05) is 0 Å². The van der Waals surface area contributed by atoms with Gasteiger partial charge in [0.2, 0.25) is 5.78 Å². The van der Waals surface area contributed by atoms with Crippen molar-refractivity contribution in [3.05, 3.63) is 69.7 Å². The third-order valence-electron chi connectivity index (χ3n) is 9.78. The normalized spacial score (nSPS) is 31.5. The summed E-state index contributed by atoms with van der Waals surface area (Å²) in [6, 6.07) is 2.99. The van der Waals surface area contributed by atoms with E-state index in [2.05, 4.69) is 0 Å². The van der Waals surface area contributed by atoms with Crippen LogP contribution in [0, 0.1) is 28.6 Å². The molecule has 2 unspecified atom stereocenters. The summed E-state index contributed by atoms with van der Waals surface area (Å²) in [7, 11) is 0. The molecule has 1 aromatic carbocycles. The van der Waals surface area contributed by atoms with Gasteiger partial charge < -0.3 is 25.2 Å². The zero-order valence-electron chi connectivity index (χ0n) is 26.4. The van der Waals surface area contributed by atoms with Crippen molar-refractivity contribution in [3.8, 4) is 5.75 Å². The Morgan fingerprint density at radius 3 is 2.27 bits per heavy atom. The molecule has 234 valence electrons. The van der Waals surface area contributed by atoms with Gasteiger partial charge in [0.15, 0.2) is 17.2 Å². The smallest absolute Gasteiger partial charge is 0.317 e. The number of hydrogen-bond acceptors (Lipinski definition) is 9. The fraction of sp³-hybridized carbons (Fsp3) is 0.486. The number of carbonyl (C=O) groups is 4. The maximum Gasteiger partial charge on any atom is 0.317 e. The van der Waals surface area contributed by atoms with Crippen LogP contribution in [0.5, 0.6) is 5.75 Å². The maximum atomic E-state index is 14.3. The van der Waals surface area contributed by atoms with E-state index in [4.69, 9.17) is 4.74 Å². The van der Waals surface area contributed by atoms with Crippen LogP contribution in [0.25, 0.3) is 5.57 Å². The van der Waals surface area contributed by atoms with Crippen LogP contribution >= 0.6 is 0 Å². The summed E-state index contributed by atoms with van der Waals surface area (Å²) in [5, 5.41) is 46.3. The predicted octanol–water partition coefficient (Wildman–Crippen LogP) is 5.26. The Hall–Kier alpha value is -3.98. The lowest BCUT2D eigenvalue weighted by Crippen LogP contribution is -2.67. The third-order valence-corrected chi connectivity index (χ3v) is 9.78. The van der Waals surface area contributed by atoms with E-state index >= 15 is 0 Å². The van der Waals surface area contributed by atoms with Crippen LogP contribution in [-0.2, 0) is 25.5 Å².